The van der Waals surface area contributed by atoms with Crippen LogP contribution in [-0.2, 0) is 16.1 Å². The Kier molecular flexibility index (Phi) is 7.89. The van der Waals surface area contributed by atoms with Gasteiger partial charge in [0.1, 0.15) is 22.7 Å². The number of hydrogen-bond donors (Lipinski definition) is 1. The monoisotopic (exact) mass is 469 g/mol. The molecule has 0 saturated heterocycles. The summed E-state index contributed by atoms with van der Waals surface area (Å²) in [5.74, 6) is -1.11. The lowest BCUT2D eigenvalue weighted by Crippen LogP contribution is -2.41. The van der Waals surface area contributed by atoms with Gasteiger partial charge in [-0.3, -0.25) is 0 Å². The summed E-state index contributed by atoms with van der Waals surface area (Å²) in [6.07, 6.45) is -0.798. The number of amides is 1. The Morgan fingerprint density at radius 3 is 2.00 bits per heavy atom. The highest BCUT2D eigenvalue weighted by atomic mass is 35.5. The summed E-state index contributed by atoms with van der Waals surface area (Å²) in [7, 11) is 0. The second-order valence-electron chi connectivity index (χ2n) is 5.25. The fourth-order valence-corrected chi connectivity index (χ4v) is 3.06. The third-order valence-electron chi connectivity index (χ3n) is 3.27. The van der Waals surface area contributed by atoms with Gasteiger partial charge in [0.15, 0.2) is 5.75 Å². The number of nitrogens with one attached hydrogen (secondary N) is 1. The molecular weight excluding hydrogens is 459 g/mol. The van der Waals surface area contributed by atoms with E-state index in [9.17, 15) is 9.59 Å². The third-order valence-corrected chi connectivity index (χ3v) is 5.51. The van der Waals surface area contributed by atoms with Gasteiger partial charge in [-0.15, -0.1) is 0 Å². The van der Waals surface area contributed by atoms with E-state index in [1.807, 2.05) is 18.2 Å². The molecule has 1 atom stereocenters. The molecule has 2 aromatic carbocycles. The quantitative estimate of drug-likeness (QED) is 0.245. The fourth-order valence-electron chi connectivity index (χ4n) is 1.86. The summed E-state index contributed by atoms with van der Waals surface area (Å²) in [5.41, 5.74) is 0.798. The van der Waals surface area contributed by atoms with E-state index in [1.54, 1.807) is 12.1 Å². The Bertz CT molecular complexity index is 831. The summed E-state index contributed by atoms with van der Waals surface area (Å²) in [6.45, 7) is 1.45. The number of carbonyl (C=O) groups is 2. The number of ether oxygens (including phenoxy) is 2. The van der Waals surface area contributed by atoms with Crippen molar-refractivity contribution < 1.29 is 19.1 Å². The Morgan fingerprint density at radius 2 is 1.44 bits per heavy atom. The number of hydrogen-bond acceptors (Lipinski definition) is 4. The predicted octanol–water partition coefficient (Wildman–Crippen LogP) is 6.17. The lowest BCUT2D eigenvalue weighted by Gasteiger charge is -2.16. The first-order valence-corrected chi connectivity index (χ1v) is 9.31. The van der Waals surface area contributed by atoms with Gasteiger partial charge in [-0.05, 0) is 12.5 Å². The molecule has 0 aliphatic rings. The van der Waals surface area contributed by atoms with Crippen LogP contribution in [0, 0.1) is 0 Å². The van der Waals surface area contributed by atoms with Gasteiger partial charge in [0.25, 0.3) is 0 Å². The third kappa shape index (κ3) is 5.56. The topological polar surface area (TPSA) is 64.6 Å². The van der Waals surface area contributed by atoms with Gasteiger partial charge in [-0.1, -0.05) is 88.3 Å². The number of carbonyl (C=O) groups excluding carboxylic acids is 2. The number of esters is 1. The van der Waals surface area contributed by atoms with Crippen molar-refractivity contribution in [1.29, 1.82) is 0 Å². The van der Waals surface area contributed by atoms with Crippen LogP contribution in [0.4, 0.5) is 4.79 Å². The highest BCUT2D eigenvalue weighted by molar-refractivity contribution is 6.55. The van der Waals surface area contributed by atoms with Gasteiger partial charge in [0.05, 0.1) is 15.1 Å². The van der Waals surface area contributed by atoms with Crippen LogP contribution in [0.1, 0.15) is 12.5 Å². The summed E-state index contributed by atoms with van der Waals surface area (Å²) < 4.78 is 10.1. The van der Waals surface area contributed by atoms with Crippen molar-refractivity contribution in [2.45, 2.75) is 19.6 Å². The van der Waals surface area contributed by atoms with Gasteiger partial charge in [0.2, 0.25) is 0 Å². The zero-order valence-corrected chi connectivity index (χ0v) is 17.5. The number of halogens is 5. The van der Waals surface area contributed by atoms with Crippen molar-refractivity contribution in [3.63, 3.8) is 0 Å². The molecule has 0 aromatic heterocycles. The van der Waals surface area contributed by atoms with E-state index in [1.165, 1.54) is 6.92 Å². The van der Waals surface area contributed by atoms with Crippen LogP contribution >= 0.6 is 58.0 Å². The van der Waals surface area contributed by atoms with E-state index in [4.69, 9.17) is 67.5 Å². The first kappa shape index (κ1) is 21.9. The summed E-state index contributed by atoms with van der Waals surface area (Å²) >= 11 is 29.7. The molecule has 0 spiro atoms. The van der Waals surface area contributed by atoms with Crippen molar-refractivity contribution >= 4 is 70.1 Å². The minimum atomic E-state index is -1.06. The molecule has 5 nitrogen and oxygen atoms in total. The zero-order chi connectivity index (χ0) is 20.1. The van der Waals surface area contributed by atoms with E-state index >= 15 is 0 Å². The molecule has 0 saturated carbocycles. The molecule has 0 unspecified atom stereocenters. The van der Waals surface area contributed by atoms with Crippen LogP contribution in [0.15, 0.2) is 30.3 Å². The van der Waals surface area contributed by atoms with Crippen molar-refractivity contribution in [1.82, 2.24) is 5.32 Å². The average Bonchev–Trinajstić information content (AvgIpc) is 2.67. The lowest BCUT2D eigenvalue weighted by molar-refractivity contribution is -0.136. The van der Waals surface area contributed by atoms with Crippen molar-refractivity contribution in [3.05, 3.63) is 61.0 Å². The highest BCUT2D eigenvalue weighted by Crippen LogP contribution is 2.48. The van der Waals surface area contributed by atoms with Crippen LogP contribution in [0.25, 0.3) is 0 Å². The summed E-state index contributed by atoms with van der Waals surface area (Å²) in [5, 5.41) is 1.69. The van der Waals surface area contributed by atoms with Crippen LogP contribution in [0.3, 0.4) is 0 Å². The molecule has 0 aliphatic carbocycles. The molecule has 0 fully saturated rings. The van der Waals surface area contributed by atoms with E-state index in [0.29, 0.717) is 0 Å². The molecular formula is C17H12Cl5NO4. The second-order valence-corrected chi connectivity index (χ2v) is 7.14. The SMILES string of the molecule is C[C@H](NC(=O)OCc1ccccc1)C(=O)Oc1c(Cl)c(Cl)c(Cl)c(Cl)c1Cl. The molecule has 0 heterocycles. The first-order valence-electron chi connectivity index (χ1n) is 7.42. The maximum Gasteiger partial charge on any atom is 0.408 e. The molecule has 0 radical (unpaired) electrons. The molecule has 27 heavy (non-hydrogen) atoms. The molecule has 0 bridgehead atoms. The molecule has 1 amide bonds. The molecule has 2 rings (SSSR count). The minimum absolute atomic E-state index is 0.0501. The van der Waals surface area contributed by atoms with Crippen molar-refractivity contribution in [2.75, 3.05) is 0 Å². The molecule has 1 N–H and O–H groups in total. The first-order chi connectivity index (χ1) is 12.7. The standard InChI is InChI=1S/C17H12Cl5NO4/c1-8(23-17(25)26-7-9-5-3-2-4-6-9)16(24)27-15-13(21)11(19)10(18)12(20)14(15)22/h2-6,8H,7H2,1H3,(H,23,25)/t8-/m0/s1. The van der Waals surface area contributed by atoms with Gasteiger partial charge in [0, 0.05) is 0 Å². The van der Waals surface area contributed by atoms with E-state index in [2.05, 4.69) is 5.32 Å². The van der Waals surface area contributed by atoms with Crippen LogP contribution < -0.4 is 10.1 Å². The Morgan fingerprint density at radius 1 is 0.926 bits per heavy atom. The maximum absolute atomic E-state index is 12.2. The van der Waals surface area contributed by atoms with Crippen LogP contribution in [-0.4, -0.2) is 18.1 Å². The largest absolute Gasteiger partial charge is 0.445 e. The summed E-state index contributed by atoms with van der Waals surface area (Å²) in [6, 6.07) is 7.99. The second kappa shape index (κ2) is 9.71. The van der Waals surface area contributed by atoms with Crippen LogP contribution in [0.5, 0.6) is 5.75 Å². The smallest absolute Gasteiger partial charge is 0.408 e. The Labute approximate surface area is 180 Å². The lowest BCUT2D eigenvalue weighted by atomic mass is 10.2. The molecule has 0 aliphatic heterocycles. The molecule has 144 valence electrons. The average molecular weight is 472 g/mol. The summed E-state index contributed by atoms with van der Waals surface area (Å²) in [4.78, 5) is 24.0. The van der Waals surface area contributed by atoms with Gasteiger partial charge < -0.3 is 14.8 Å². The van der Waals surface area contributed by atoms with Gasteiger partial charge >= 0.3 is 12.1 Å². The van der Waals surface area contributed by atoms with Gasteiger partial charge in [-0.25, -0.2) is 9.59 Å². The van der Waals surface area contributed by atoms with E-state index in [-0.39, 0.29) is 37.5 Å². The number of benzene rings is 2. The molecule has 2 aromatic rings. The van der Waals surface area contributed by atoms with Crippen molar-refractivity contribution in [2.24, 2.45) is 0 Å². The fraction of sp³-hybridized carbons (Fsp3) is 0.176. The van der Waals surface area contributed by atoms with Crippen LogP contribution in [0.2, 0.25) is 25.1 Å². The minimum Gasteiger partial charge on any atom is -0.445 e. The Hall–Kier alpha value is -1.37. The molecule has 10 heteroatoms. The number of alkyl carbamates (subject to hydrolysis) is 1. The highest BCUT2D eigenvalue weighted by Gasteiger charge is 2.25. The maximum atomic E-state index is 12.2. The van der Waals surface area contributed by atoms with E-state index < -0.39 is 18.1 Å². The normalized spacial score (nSPS) is 11.6. The predicted molar refractivity (Wildman–Crippen MR) is 106 cm³/mol. The van der Waals surface area contributed by atoms with Gasteiger partial charge in [-0.2, -0.15) is 0 Å². The Balaban J connectivity index is 1.99. The van der Waals surface area contributed by atoms with E-state index in [0.717, 1.165) is 5.56 Å². The zero-order valence-electron chi connectivity index (χ0n) is 13.7. The van der Waals surface area contributed by atoms with Crippen molar-refractivity contribution in [3.8, 4) is 5.75 Å². The number of rotatable bonds is 5.